The Kier molecular flexibility index (Phi) is 7.55. The van der Waals surface area contributed by atoms with E-state index in [1.165, 1.54) is 0 Å². The lowest BCUT2D eigenvalue weighted by Crippen LogP contribution is -2.21. The van der Waals surface area contributed by atoms with Gasteiger partial charge in [-0.05, 0) is 41.8 Å². The Labute approximate surface area is 160 Å². The minimum Gasteiger partial charge on any atom is -0.493 e. The summed E-state index contributed by atoms with van der Waals surface area (Å²) in [6.07, 6.45) is 12.1. The first kappa shape index (κ1) is 19.4. The molecule has 0 atom stereocenters. The molecule has 26 heavy (non-hydrogen) atoms. The lowest BCUT2D eigenvalue weighted by molar-refractivity contribution is 0.330. The molecule has 0 amide bonds. The maximum Gasteiger partial charge on any atom is 0.162 e. The summed E-state index contributed by atoms with van der Waals surface area (Å²) in [5.74, 6) is 6.37. The van der Waals surface area contributed by atoms with Crippen molar-refractivity contribution in [1.82, 2.24) is 5.32 Å². The molecule has 0 heterocycles. The predicted octanol–water partition coefficient (Wildman–Crippen LogP) is 3.74. The van der Waals surface area contributed by atoms with Crippen molar-refractivity contribution in [3.63, 3.8) is 0 Å². The molecule has 3 nitrogen and oxygen atoms in total. The highest BCUT2D eigenvalue weighted by Crippen LogP contribution is 2.28. The van der Waals surface area contributed by atoms with Crippen LogP contribution < -0.4 is 14.8 Å². The number of benzene rings is 2. The third-order valence-corrected chi connectivity index (χ3v) is 4.14. The van der Waals surface area contributed by atoms with Gasteiger partial charge in [0, 0.05) is 18.5 Å². The van der Waals surface area contributed by atoms with E-state index in [0.717, 1.165) is 34.5 Å². The Morgan fingerprint density at radius 2 is 1.81 bits per heavy atom. The Bertz CT molecular complexity index is 829. The highest BCUT2D eigenvalue weighted by molar-refractivity contribution is 7.80. The van der Waals surface area contributed by atoms with Crippen molar-refractivity contribution in [2.45, 2.75) is 19.4 Å². The maximum absolute atomic E-state index is 5.45. The van der Waals surface area contributed by atoms with Crippen molar-refractivity contribution in [3.05, 3.63) is 59.2 Å². The second kappa shape index (κ2) is 10.1. The third-order valence-electron chi connectivity index (χ3n) is 3.79. The van der Waals surface area contributed by atoms with Crippen molar-refractivity contribution < 1.29 is 9.47 Å². The van der Waals surface area contributed by atoms with Crippen molar-refractivity contribution in [3.8, 4) is 36.2 Å². The van der Waals surface area contributed by atoms with E-state index in [1.807, 2.05) is 42.5 Å². The number of methoxy groups -OCH3 is 1. The number of ether oxygens (including phenoxy) is 2. The van der Waals surface area contributed by atoms with Crippen molar-refractivity contribution in [2.24, 2.45) is 0 Å². The number of terminal acetylenes is 2. The highest BCUT2D eigenvalue weighted by Gasteiger charge is 2.06. The number of hydrogen-bond donors (Lipinski definition) is 1. The molecule has 0 bridgehead atoms. The minimum atomic E-state index is 0.214. The first-order valence-electron chi connectivity index (χ1n) is 8.21. The van der Waals surface area contributed by atoms with Crippen LogP contribution in [0.4, 0.5) is 0 Å². The summed E-state index contributed by atoms with van der Waals surface area (Å²) in [5, 5.41) is 3.28. The molecule has 132 valence electrons. The molecule has 1 N–H and O–H groups in total. The molecule has 2 aromatic rings. The summed E-state index contributed by atoms with van der Waals surface area (Å²) < 4.78 is 10.8. The van der Waals surface area contributed by atoms with Gasteiger partial charge in [-0.15, -0.1) is 12.8 Å². The normalized spacial score (nSPS) is 9.65. The molecule has 2 aromatic carbocycles. The molecule has 2 rings (SSSR count). The Hall–Kier alpha value is -2.95. The Balaban J connectivity index is 1.84. The van der Waals surface area contributed by atoms with Gasteiger partial charge in [0.1, 0.15) is 6.61 Å². The van der Waals surface area contributed by atoms with E-state index in [0.29, 0.717) is 18.0 Å². The SMILES string of the molecule is C#CCOc1ccc(CCC(=S)NCc2ccc(C#C)cc2)cc1OC. The lowest BCUT2D eigenvalue weighted by Gasteiger charge is -2.12. The largest absolute Gasteiger partial charge is 0.493 e. The molecule has 0 radical (unpaired) electrons. The maximum atomic E-state index is 5.45. The first-order chi connectivity index (χ1) is 12.7. The summed E-state index contributed by atoms with van der Waals surface area (Å²) in [7, 11) is 1.61. The van der Waals surface area contributed by atoms with Crippen molar-refractivity contribution in [1.29, 1.82) is 0 Å². The van der Waals surface area contributed by atoms with Gasteiger partial charge in [0.25, 0.3) is 0 Å². The second-order valence-corrected chi connectivity index (χ2v) is 6.09. The van der Waals surface area contributed by atoms with E-state index in [-0.39, 0.29) is 6.61 Å². The quantitative estimate of drug-likeness (QED) is 0.572. The van der Waals surface area contributed by atoms with E-state index in [9.17, 15) is 0 Å². The van der Waals surface area contributed by atoms with Crippen LogP contribution >= 0.6 is 12.2 Å². The van der Waals surface area contributed by atoms with Gasteiger partial charge < -0.3 is 14.8 Å². The van der Waals surface area contributed by atoms with Gasteiger partial charge in [-0.1, -0.05) is 42.3 Å². The van der Waals surface area contributed by atoms with Crippen LogP contribution in [-0.2, 0) is 13.0 Å². The Morgan fingerprint density at radius 1 is 1.08 bits per heavy atom. The van der Waals surface area contributed by atoms with Crippen LogP contribution in [0.15, 0.2) is 42.5 Å². The van der Waals surface area contributed by atoms with Crippen LogP contribution in [0.25, 0.3) is 0 Å². The summed E-state index contributed by atoms with van der Waals surface area (Å²) in [6, 6.07) is 13.7. The number of aryl methyl sites for hydroxylation is 1. The van der Waals surface area contributed by atoms with Crippen molar-refractivity contribution in [2.75, 3.05) is 13.7 Å². The third kappa shape index (κ3) is 5.84. The fourth-order valence-electron chi connectivity index (χ4n) is 2.37. The fraction of sp³-hybridized carbons (Fsp3) is 0.227. The second-order valence-electron chi connectivity index (χ2n) is 5.60. The number of hydrogen-bond acceptors (Lipinski definition) is 3. The smallest absolute Gasteiger partial charge is 0.162 e. The molecule has 4 heteroatoms. The summed E-state index contributed by atoms with van der Waals surface area (Å²) >= 11 is 5.42. The van der Waals surface area contributed by atoms with Crippen LogP contribution in [-0.4, -0.2) is 18.7 Å². The van der Waals surface area contributed by atoms with E-state index < -0.39 is 0 Å². The van der Waals surface area contributed by atoms with E-state index >= 15 is 0 Å². The van der Waals surface area contributed by atoms with Gasteiger partial charge in [0.2, 0.25) is 0 Å². The van der Waals surface area contributed by atoms with Crippen LogP contribution in [0.2, 0.25) is 0 Å². The van der Waals surface area contributed by atoms with Crippen LogP contribution in [0.5, 0.6) is 11.5 Å². The standard InChI is InChI=1S/C22H21NO2S/c1-4-14-25-20-12-10-18(15-21(20)24-3)11-13-22(26)23-16-19-8-6-17(5-2)7-9-19/h1-2,6-10,12,15H,11,13-14,16H2,3H3,(H,23,26). The molecule has 0 aromatic heterocycles. The van der Waals surface area contributed by atoms with Crippen LogP contribution in [0.3, 0.4) is 0 Å². The minimum absolute atomic E-state index is 0.214. The Morgan fingerprint density at radius 3 is 2.46 bits per heavy atom. The van der Waals surface area contributed by atoms with Crippen LogP contribution in [0, 0.1) is 24.7 Å². The van der Waals surface area contributed by atoms with Gasteiger partial charge in [0.05, 0.1) is 12.1 Å². The first-order valence-corrected chi connectivity index (χ1v) is 8.62. The average molecular weight is 363 g/mol. The summed E-state index contributed by atoms with van der Waals surface area (Å²) in [6.45, 7) is 0.901. The summed E-state index contributed by atoms with van der Waals surface area (Å²) in [4.78, 5) is 0.817. The molecule has 0 aliphatic rings. The van der Waals surface area contributed by atoms with Gasteiger partial charge in [-0.25, -0.2) is 0 Å². The molecule has 0 saturated heterocycles. The van der Waals surface area contributed by atoms with Gasteiger partial charge in [-0.3, -0.25) is 0 Å². The topological polar surface area (TPSA) is 30.5 Å². The number of nitrogens with one attached hydrogen (secondary N) is 1. The van der Waals surface area contributed by atoms with Gasteiger partial charge in [-0.2, -0.15) is 0 Å². The lowest BCUT2D eigenvalue weighted by atomic mass is 10.1. The molecular formula is C22H21NO2S. The zero-order chi connectivity index (χ0) is 18.8. The zero-order valence-corrected chi connectivity index (χ0v) is 15.6. The van der Waals surface area contributed by atoms with Crippen LogP contribution in [0.1, 0.15) is 23.1 Å². The van der Waals surface area contributed by atoms with Gasteiger partial charge in [0.15, 0.2) is 11.5 Å². The van der Waals surface area contributed by atoms with E-state index in [2.05, 4.69) is 17.2 Å². The number of thiocarbonyl (C=S) groups is 1. The molecular weight excluding hydrogens is 342 g/mol. The van der Waals surface area contributed by atoms with Crippen molar-refractivity contribution >= 4 is 17.2 Å². The zero-order valence-electron chi connectivity index (χ0n) is 14.7. The molecule has 0 aliphatic heterocycles. The molecule has 0 fully saturated rings. The highest BCUT2D eigenvalue weighted by atomic mass is 32.1. The predicted molar refractivity (Wildman–Crippen MR) is 109 cm³/mol. The average Bonchev–Trinajstić information content (AvgIpc) is 2.69. The molecule has 0 aliphatic carbocycles. The summed E-state index contributed by atoms with van der Waals surface area (Å²) in [5.41, 5.74) is 3.14. The van der Waals surface area contributed by atoms with E-state index in [4.69, 9.17) is 34.5 Å². The molecule has 0 saturated carbocycles. The molecule has 0 unspecified atom stereocenters. The fourth-order valence-corrected chi connectivity index (χ4v) is 2.55. The molecule has 0 spiro atoms. The number of rotatable bonds is 8. The van der Waals surface area contributed by atoms with Gasteiger partial charge >= 0.3 is 0 Å². The van der Waals surface area contributed by atoms with E-state index in [1.54, 1.807) is 7.11 Å². The monoisotopic (exact) mass is 363 g/mol.